The molecule has 0 spiro atoms. The van der Waals surface area contributed by atoms with E-state index in [1.54, 1.807) is 22.7 Å². The number of aromatic nitrogens is 1. The maximum atomic E-state index is 12.5. The van der Waals surface area contributed by atoms with Crippen LogP contribution in [0.5, 0.6) is 0 Å². The second-order valence-electron chi connectivity index (χ2n) is 6.92. The van der Waals surface area contributed by atoms with E-state index >= 15 is 0 Å². The summed E-state index contributed by atoms with van der Waals surface area (Å²) in [4.78, 5) is 19.6. The number of carbonyl (C=O) groups excluding carboxylic acids is 1. The largest absolute Gasteiger partial charge is 0.354 e. The number of halogens is 1. The minimum Gasteiger partial charge on any atom is -0.354 e. The van der Waals surface area contributed by atoms with Gasteiger partial charge < -0.3 is 5.32 Å². The highest BCUT2D eigenvalue weighted by Crippen LogP contribution is 2.30. The molecule has 1 saturated heterocycles. The van der Waals surface area contributed by atoms with E-state index in [1.807, 2.05) is 29.0 Å². The molecule has 0 saturated carbocycles. The van der Waals surface area contributed by atoms with Gasteiger partial charge in [-0.25, -0.2) is 4.98 Å². The van der Waals surface area contributed by atoms with Gasteiger partial charge >= 0.3 is 0 Å². The fraction of sp³-hybridized carbons (Fsp3) is 0.333. The molecule has 1 fully saturated rings. The van der Waals surface area contributed by atoms with Gasteiger partial charge in [-0.2, -0.15) is 11.3 Å². The molecule has 1 N–H and O–H groups in total. The molecule has 0 bridgehead atoms. The molecule has 28 heavy (non-hydrogen) atoms. The molecular weight excluding hydrogens is 410 g/mol. The maximum Gasteiger partial charge on any atom is 0.226 e. The summed E-state index contributed by atoms with van der Waals surface area (Å²) in [7, 11) is 0. The summed E-state index contributed by atoms with van der Waals surface area (Å²) in [6.45, 7) is 2.65. The second kappa shape index (κ2) is 9.18. The first-order chi connectivity index (χ1) is 13.7. The van der Waals surface area contributed by atoms with Crippen molar-refractivity contribution in [3.8, 4) is 10.6 Å². The number of thiazole rings is 1. The summed E-state index contributed by atoms with van der Waals surface area (Å²) < 4.78 is 0. The Morgan fingerprint density at radius 2 is 2.04 bits per heavy atom. The predicted octanol–water partition coefficient (Wildman–Crippen LogP) is 5.02. The van der Waals surface area contributed by atoms with E-state index in [0.29, 0.717) is 13.0 Å². The lowest BCUT2D eigenvalue weighted by atomic mass is 10.1. The lowest BCUT2D eigenvalue weighted by molar-refractivity contribution is -0.120. The Morgan fingerprint density at radius 3 is 2.79 bits per heavy atom. The third kappa shape index (κ3) is 4.63. The number of benzene rings is 1. The predicted molar refractivity (Wildman–Crippen MR) is 117 cm³/mol. The van der Waals surface area contributed by atoms with Crippen molar-refractivity contribution in [2.24, 2.45) is 0 Å². The van der Waals surface area contributed by atoms with Crippen molar-refractivity contribution in [2.75, 3.05) is 19.6 Å². The number of hydrogen-bond donors (Lipinski definition) is 1. The highest BCUT2D eigenvalue weighted by Gasteiger charge is 2.25. The summed E-state index contributed by atoms with van der Waals surface area (Å²) in [5.41, 5.74) is 3.02. The van der Waals surface area contributed by atoms with Crippen LogP contribution in [0.3, 0.4) is 0 Å². The van der Waals surface area contributed by atoms with Crippen LogP contribution in [-0.4, -0.2) is 35.4 Å². The maximum absolute atomic E-state index is 12.5. The van der Waals surface area contributed by atoms with Crippen molar-refractivity contribution in [1.82, 2.24) is 15.2 Å². The quantitative estimate of drug-likeness (QED) is 0.571. The molecule has 1 aromatic carbocycles. The van der Waals surface area contributed by atoms with Crippen LogP contribution in [0.15, 0.2) is 46.5 Å². The van der Waals surface area contributed by atoms with Crippen LogP contribution in [0, 0.1) is 0 Å². The molecule has 0 unspecified atom stereocenters. The number of likely N-dealkylation sites (tertiary alicyclic amines) is 1. The van der Waals surface area contributed by atoms with Crippen LogP contribution in [0.1, 0.15) is 30.1 Å². The Hall–Kier alpha value is -1.73. The van der Waals surface area contributed by atoms with Crippen LogP contribution < -0.4 is 5.32 Å². The number of rotatable bonds is 7. The number of amides is 1. The molecule has 2 aromatic heterocycles. The Labute approximate surface area is 178 Å². The Morgan fingerprint density at radius 1 is 1.21 bits per heavy atom. The van der Waals surface area contributed by atoms with Crippen molar-refractivity contribution in [1.29, 1.82) is 0 Å². The molecule has 0 radical (unpaired) electrons. The van der Waals surface area contributed by atoms with E-state index in [4.69, 9.17) is 11.6 Å². The van der Waals surface area contributed by atoms with E-state index in [0.717, 1.165) is 39.9 Å². The van der Waals surface area contributed by atoms with Crippen molar-refractivity contribution >= 4 is 40.2 Å². The van der Waals surface area contributed by atoms with Gasteiger partial charge in [0.25, 0.3) is 0 Å². The SMILES string of the molecule is O=C(Cc1csc(-c2ccsc2)n1)NC[C@H](c1ccccc1Cl)N1CCCC1. The zero-order valence-corrected chi connectivity index (χ0v) is 17.8. The second-order valence-corrected chi connectivity index (χ2v) is 8.96. The lowest BCUT2D eigenvalue weighted by Crippen LogP contribution is -2.37. The van der Waals surface area contributed by atoms with Gasteiger partial charge in [0.15, 0.2) is 0 Å². The minimum atomic E-state index is -0.00146. The van der Waals surface area contributed by atoms with Crippen molar-refractivity contribution in [3.05, 3.63) is 62.8 Å². The Balaban J connectivity index is 1.39. The third-order valence-electron chi connectivity index (χ3n) is 5.00. The summed E-state index contributed by atoms with van der Waals surface area (Å²) >= 11 is 9.68. The highest BCUT2D eigenvalue weighted by molar-refractivity contribution is 7.14. The van der Waals surface area contributed by atoms with Crippen LogP contribution >= 0.6 is 34.3 Å². The number of thiophene rings is 1. The average Bonchev–Trinajstić information content (AvgIpc) is 3.46. The molecule has 1 amide bonds. The van der Waals surface area contributed by atoms with Crippen LogP contribution in [0.25, 0.3) is 10.6 Å². The zero-order chi connectivity index (χ0) is 19.3. The lowest BCUT2D eigenvalue weighted by Gasteiger charge is -2.29. The van der Waals surface area contributed by atoms with E-state index < -0.39 is 0 Å². The minimum absolute atomic E-state index is 0.00146. The van der Waals surface area contributed by atoms with Crippen LogP contribution in [0.2, 0.25) is 5.02 Å². The fourth-order valence-corrected chi connectivity index (χ4v) is 5.37. The first-order valence-corrected chi connectivity index (χ1v) is 11.6. The van der Waals surface area contributed by atoms with E-state index in [2.05, 4.69) is 32.7 Å². The fourth-order valence-electron chi connectivity index (χ4n) is 3.58. The van der Waals surface area contributed by atoms with E-state index in [1.165, 1.54) is 12.8 Å². The highest BCUT2D eigenvalue weighted by atomic mass is 35.5. The Bertz CT molecular complexity index is 919. The first-order valence-electron chi connectivity index (χ1n) is 9.43. The number of nitrogens with one attached hydrogen (secondary N) is 1. The number of carbonyl (C=O) groups is 1. The monoisotopic (exact) mass is 431 g/mol. The molecule has 4 nitrogen and oxygen atoms in total. The summed E-state index contributed by atoms with van der Waals surface area (Å²) in [6.07, 6.45) is 2.69. The van der Waals surface area contributed by atoms with Crippen LogP contribution in [-0.2, 0) is 11.2 Å². The average molecular weight is 432 g/mol. The van der Waals surface area contributed by atoms with Gasteiger partial charge in [0.1, 0.15) is 5.01 Å². The normalized spacial score (nSPS) is 15.6. The smallest absolute Gasteiger partial charge is 0.226 e. The summed E-state index contributed by atoms with van der Waals surface area (Å²) in [5.74, 6) is -0.00146. The van der Waals surface area contributed by atoms with Gasteiger partial charge in [-0.05, 0) is 49.0 Å². The molecule has 3 aromatic rings. The summed E-state index contributed by atoms with van der Waals surface area (Å²) in [6, 6.07) is 10.1. The topological polar surface area (TPSA) is 45.2 Å². The standard InChI is InChI=1S/C21H22ClN3OS2/c22-18-6-2-1-5-17(18)19(25-8-3-4-9-25)12-23-20(26)11-16-14-28-21(24-16)15-7-10-27-13-15/h1-2,5-7,10,13-14,19H,3-4,8-9,11-12H2,(H,23,26)/t19-/m1/s1. The molecule has 3 heterocycles. The molecule has 1 atom stereocenters. The molecule has 1 aliphatic rings. The number of nitrogens with zero attached hydrogens (tertiary/aromatic N) is 2. The molecular formula is C21H22ClN3OS2. The molecule has 146 valence electrons. The zero-order valence-electron chi connectivity index (χ0n) is 15.4. The van der Waals surface area contributed by atoms with Crippen molar-refractivity contribution in [3.63, 3.8) is 0 Å². The third-order valence-corrected chi connectivity index (χ3v) is 6.97. The molecule has 7 heteroatoms. The van der Waals surface area contributed by atoms with Crippen molar-refractivity contribution < 1.29 is 4.79 Å². The van der Waals surface area contributed by atoms with Crippen molar-refractivity contribution in [2.45, 2.75) is 25.3 Å². The van der Waals surface area contributed by atoms with Crippen LogP contribution in [0.4, 0.5) is 0 Å². The van der Waals surface area contributed by atoms with Gasteiger partial charge in [0, 0.05) is 27.9 Å². The van der Waals surface area contributed by atoms with Gasteiger partial charge in [0.2, 0.25) is 5.91 Å². The first kappa shape index (κ1) is 19.6. The Kier molecular flexibility index (Phi) is 6.42. The van der Waals surface area contributed by atoms with E-state index in [-0.39, 0.29) is 11.9 Å². The van der Waals surface area contributed by atoms with Gasteiger partial charge in [-0.15, -0.1) is 11.3 Å². The molecule has 0 aliphatic carbocycles. The van der Waals surface area contributed by atoms with Gasteiger partial charge in [-0.1, -0.05) is 29.8 Å². The molecule has 4 rings (SSSR count). The van der Waals surface area contributed by atoms with E-state index in [9.17, 15) is 4.79 Å². The van der Waals surface area contributed by atoms with Gasteiger partial charge in [-0.3, -0.25) is 9.69 Å². The number of hydrogen-bond acceptors (Lipinski definition) is 5. The van der Waals surface area contributed by atoms with Gasteiger partial charge in [0.05, 0.1) is 18.2 Å². The summed E-state index contributed by atoms with van der Waals surface area (Å²) in [5, 5.41) is 10.9. The molecule has 1 aliphatic heterocycles.